The van der Waals surface area contributed by atoms with Gasteiger partial charge in [0.1, 0.15) is 47.7 Å². The molecule has 0 amide bonds. The molecule has 238 valence electrons. The average Bonchev–Trinajstić information content (AvgIpc) is 3.18. The van der Waals surface area contributed by atoms with Gasteiger partial charge in [0.2, 0.25) is 0 Å². The monoisotopic (exact) mass is 858 g/mol. The van der Waals surface area contributed by atoms with Gasteiger partial charge >= 0.3 is 29.2 Å². The maximum Gasteiger partial charge on any atom is 0.144 e. The first-order valence-electron chi connectivity index (χ1n) is 15.7. The molecule has 0 saturated carbocycles. The van der Waals surface area contributed by atoms with Gasteiger partial charge in [-0.15, -0.1) is 35.0 Å². The molecule has 0 N–H and O–H groups in total. The van der Waals surface area contributed by atoms with Crippen molar-refractivity contribution in [2.45, 2.75) is 0 Å². The van der Waals surface area contributed by atoms with Gasteiger partial charge in [-0.3, -0.25) is 0 Å². The molecule has 0 radical (unpaired) electrons. The summed E-state index contributed by atoms with van der Waals surface area (Å²) in [5, 5.41) is 12.2. The van der Waals surface area contributed by atoms with Crippen LogP contribution in [0, 0.1) is 6.07 Å². The molecule has 48 heavy (non-hydrogen) atoms. The van der Waals surface area contributed by atoms with Crippen LogP contribution in [-0.4, -0.2) is 4.98 Å². The van der Waals surface area contributed by atoms with Crippen molar-refractivity contribution in [1.29, 1.82) is 0 Å². The van der Waals surface area contributed by atoms with Gasteiger partial charge in [0, 0.05) is 6.20 Å². The summed E-state index contributed by atoms with van der Waals surface area (Å²) in [5.74, 6) is 0. The summed E-state index contributed by atoms with van der Waals surface area (Å²) in [6.45, 7) is 0. The summed E-state index contributed by atoms with van der Waals surface area (Å²) < 4.78 is 0. The molecule has 0 spiro atoms. The Morgan fingerprint density at radius 2 is 0.812 bits per heavy atom. The summed E-state index contributed by atoms with van der Waals surface area (Å²) in [6.07, 6.45) is 1.82. The Bertz CT molecular complexity index is 1930. The summed E-state index contributed by atoms with van der Waals surface area (Å²) >= 11 is 1.75. The Kier molecular flexibility index (Phi) is 12.4. The van der Waals surface area contributed by atoms with E-state index in [0.29, 0.717) is 0 Å². The van der Waals surface area contributed by atoms with Gasteiger partial charge in [-0.1, -0.05) is 103 Å². The van der Waals surface area contributed by atoms with Crippen molar-refractivity contribution >= 4 is 78.5 Å². The minimum Gasteiger partial charge on any atom is -0.304 e. The smallest absolute Gasteiger partial charge is 0.144 e. The number of nitrogens with zero attached hydrogens (tertiary/aromatic N) is 1. The Hall–Kier alpha value is -3.90. The number of fused-ring (bicyclic) bond motifs is 3. The second-order valence-corrected chi connectivity index (χ2v) is 15.9. The van der Waals surface area contributed by atoms with Crippen LogP contribution in [-0.2, 0) is 20.0 Å². The Morgan fingerprint density at radius 3 is 1.27 bits per heavy atom. The molecule has 8 aromatic rings. The second-order valence-electron chi connectivity index (χ2n) is 11.0. The van der Waals surface area contributed by atoms with Crippen LogP contribution >= 0.6 is 25.0 Å². The zero-order valence-corrected chi connectivity index (χ0v) is 31.0. The van der Waals surface area contributed by atoms with Crippen molar-refractivity contribution in [3.63, 3.8) is 0 Å². The molecule has 0 unspecified atom stereocenters. The van der Waals surface area contributed by atoms with Crippen LogP contribution in [0.15, 0.2) is 194 Å². The molecule has 8 rings (SSSR count). The molecule has 0 fully saturated rings. The van der Waals surface area contributed by atoms with Crippen LogP contribution in [0.2, 0.25) is 0 Å². The predicted molar refractivity (Wildman–Crippen MR) is 211 cm³/mol. The van der Waals surface area contributed by atoms with Gasteiger partial charge in [-0.25, -0.2) is 0 Å². The fraction of sp³-hybridized carbons (Fsp3) is 0. The Morgan fingerprint density at radius 1 is 0.417 bits per heavy atom. The van der Waals surface area contributed by atoms with Gasteiger partial charge in [-0.2, -0.15) is 0 Å². The molecule has 0 saturated heterocycles. The first-order valence-corrected chi connectivity index (χ1v) is 21.4. The molecule has 1 aromatic heterocycles. The van der Waals surface area contributed by atoms with E-state index in [2.05, 4.69) is 190 Å². The van der Waals surface area contributed by atoms with Crippen LogP contribution in [0.3, 0.4) is 0 Å². The summed E-state index contributed by atoms with van der Waals surface area (Å²) in [7, 11) is 2.30. The van der Waals surface area contributed by atoms with Crippen LogP contribution < -0.4 is 31.8 Å². The summed E-state index contributed by atoms with van der Waals surface area (Å²) in [6, 6.07) is 70.9. The van der Waals surface area contributed by atoms with E-state index in [0.717, 1.165) is 10.9 Å². The van der Waals surface area contributed by atoms with E-state index in [1.54, 1.807) is 20.0 Å². The van der Waals surface area contributed by atoms with Crippen LogP contribution in [0.4, 0.5) is 0 Å². The number of benzene rings is 7. The van der Waals surface area contributed by atoms with E-state index in [1.807, 2.05) is 24.4 Å². The topological polar surface area (TPSA) is 12.9 Å². The molecule has 7 aromatic carbocycles. The fourth-order valence-electron chi connectivity index (χ4n) is 6.03. The van der Waals surface area contributed by atoms with E-state index in [4.69, 9.17) is 0 Å². The van der Waals surface area contributed by atoms with Gasteiger partial charge in [-0.05, 0) is 77.6 Å². The van der Waals surface area contributed by atoms with Crippen LogP contribution in [0.5, 0.6) is 0 Å². The number of hydrogen-bond donors (Lipinski definition) is 0. The predicted octanol–water partition coefficient (Wildman–Crippen LogP) is 8.54. The summed E-state index contributed by atoms with van der Waals surface area (Å²) in [5.41, 5.74) is 1.03. The first-order chi connectivity index (χ1) is 23.9. The zero-order valence-electron chi connectivity index (χ0n) is 26.1. The minimum atomic E-state index is -1.14. The fourth-order valence-corrected chi connectivity index (χ4v) is 12.0. The van der Waals surface area contributed by atoms with Crippen molar-refractivity contribution < 1.29 is 20.0 Å². The van der Waals surface area contributed by atoms with Crippen LogP contribution in [0.25, 0.3) is 21.7 Å². The van der Waals surface area contributed by atoms with Crippen molar-refractivity contribution in [2.24, 2.45) is 0 Å². The minimum absolute atomic E-state index is 1.03. The molecule has 0 aliphatic carbocycles. The van der Waals surface area contributed by atoms with Gasteiger partial charge in [0.15, 0.2) is 0 Å². The number of pyridine rings is 1. The third kappa shape index (κ3) is 8.03. The second kappa shape index (κ2) is 17.5. The van der Waals surface area contributed by atoms with Gasteiger partial charge in [0.25, 0.3) is 0 Å². The average molecular weight is 859 g/mol. The third-order valence-electron chi connectivity index (χ3n) is 8.12. The molecular weight excluding hydrogens is 825 g/mol. The molecule has 0 atom stereocenters. The molecule has 5 heteroatoms. The molecule has 0 bridgehead atoms. The number of rotatable bonds is 6. The molecule has 0 aliphatic heterocycles. The zero-order chi connectivity index (χ0) is 33.0. The standard InChI is InChI=1S/C30H24P2.C13H8N.Au.ClH/c1-5-15-25(16-6-1)31(26-17-7-2-8-18-26)29-23-13-14-24-30(29)32(27-19-9-3-10-20-27)28-21-11-4-12-22-28;1-2-6-12-10(4-1)7-8-11-5-3-9-14-13(11)12;;/h1-24H;1-5,7-9H;;1H/q;-1;+1;/p+1. The third-order valence-corrected chi connectivity index (χ3v) is 14.0. The number of hydrogen-bond acceptors (Lipinski definition) is 1. The van der Waals surface area contributed by atoms with Crippen LogP contribution in [0.1, 0.15) is 0 Å². The van der Waals surface area contributed by atoms with Crippen molar-refractivity contribution in [3.05, 3.63) is 200 Å². The molecule has 1 nitrogen and oxygen atoms in total. The van der Waals surface area contributed by atoms with Gasteiger partial charge < -0.3 is 4.98 Å². The van der Waals surface area contributed by atoms with E-state index in [-0.39, 0.29) is 0 Å². The molecule has 0 aliphatic rings. The maximum atomic E-state index is 4.58. The van der Waals surface area contributed by atoms with E-state index in [9.17, 15) is 0 Å². The molecule has 1 heterocycles. The maximum absolute atomic E-state index is 4.58. The Labute approximate surface area is 301 Å². The van der Waals surface area contributed by atoms with E-state index in [1.165, 1.54) is 42.6 Å². The van der Waals surface area contributed by atoms with E-state index < -0.39 is 15.8 Å². The molecular formula is C43H34AuClNP2+. The normalized spacial score (nSPS) is 10.7. The first kappa shape index (κ1) is 34.0. The van der Waals surface area contributed by atoms with E-state index >= 15 is 0 Å². The van der Waals surface area contributed by atoms with Crippen molar-refractivity contribution in [2.75, 3.05) is 0 Å². The number of aromatic nitrogens is 1. The van der Waals surface area contributed by atoms with Gasteiger partial charge in [0.05, 0.1) is 0 Å². The SMILES string of the molecule is [Cl][Au].[c-]1cccc2ccc3cccnc3c12.c1ccc([PH+](c2ccccc2)c2ccccc2[PH+](c2ccccc2)c2ccccc2)cc1. The largest absolute Gasteiger partial charge is 0.304 e. The van der Waals surface area contributed by atoms with Crippen molar-refractivity contribution in [1.82, 2.24) is 4.98 Å². The van der Waals surface area contributed by atoms with Crippen molar-refractivity contribution in [3.8, 4) is 0 Å². The Balaban J connectivity index is 0.000000208. The summed E-state index contributed by atoms with van der Waals surface area (Å²) in [4.78, 5) is 4.38. The number of halogens is 1. The quantitative estimate of drug-likeness (QED) is 0.0708.